The fourth-order valence-corrected chi connectivity index (χ4v) is 5.04. The Kier molecular flexibility index (Phi) is 5.26. The Morgan fingerprint density at radius 2 is 1.91 bits per heavy atom. The smallest absolute Gasteiger partial charge is 0.213 e. The van der Waals surface area contributed by atoms with E-state index in [-0.39, 0.29) is 18.3 Å². The molecule has 0 bridgehead atoms. The predicted octanol–water partition coefficient (Wildman–Crippen LogP) is 0.838. The Bertz CT molecular complexity index is 729. The molecular weight excluding hydrogens is 324 g/mol. The van der Waals surface area contributed by atoms with E-state index in [4.69, 9.17) is 0 Å². The van der Waals surface area contributed by atoms with Crippen LogP contribution >= 0.6 is 0 Å². The van der Waals surface area contributed by atoms with Crippen LogP contribution in [0.5, 0.6) is 0 Å². The average molecular weight is 346 g/mol. The Labute approximate surface area is 132 Å². The summed E-state index contributed by atoms with van der Waals surface area (Å²) in [5.74, 6) is -0.0882. The topological polar surface area (TPSA) is 83.6 Å². The second-order valence-corrected chi connectivity index (χ2v) is 9.50. The number of piperidine rings is 1. The summed E-state index contributed by atoms with van der Waals surface area (Å²) in [4.78, 5) is 0. The maximum atomic E-state index is 12.3. The van der Waals surface area contributed by atoms with Crippen LogP contribution in [0.25, 0.3) is 0 Å². The average Bonchev–Trinajstić information content (AvgIpc) is 2.40. The van der Waals surface area contributed by atoms with Crippen molar-refractivity contribution in [2.45, 2.75) is 31.6 Å². The van der Waals surface area contributed by atoms with Gasteiger partial charge >= 0.3 is 0 Å². The molecule has 1 saturated heterocycles. The van der Waals surface area contributed by atoms with Crippen molar-refractivity contribution in [1.82, 2.24) is 9.03 Å². The van der Waals surface area contributed by atoms with Gasteiger partial charge in [-0.3, -0.25) is 0 Å². The molecule has 6 nitrogen and oxygen atoms in total. The van der Waals surface area contributed by atoms with Gasteiger partial charge in [0, 0.05) is 19.1 Å². The molecule has 2 rings (SSSR count). The Hall–Kier alpha value is -0.960. The lowest BCUT2D eigenvalue weighted by Gasteiger charge is -2.31. The van der Waals surface area contributed by atoms with Crippen molar-refractivity contribution in [2.75, 3.05) is 19.3 Å². The number of hydrogen-bond acceptors (Lipinski definition) is 4. The van der Waals surface area contributed by atoms with E-state index in [1.807, 2.05) is 25.1 Å². The van der Waals surface area contributed by atoms with E-state index in [0.29, 0.717) is 19.4 Å². The van der Waals surface area contributed by atoms with Crippen LogP contribution in [0, 0.1) is 6.92 Å². The summed E-state index contributed by atoms with van der Waals surface area (Å²) >= 11 is 0. The number of rotatable bonds is 5. The third-order valence-corrected chi connectivity index (χ3v) is 6.46. The first-order chi connectivity index (χ1) is 10.2. The Morgan fingerprint density at radius 1 is 1.23 bits per heavy atom. The zero-order valence-electron chi connectivity index (χ0n) is 12.8. The molecule has 124 valence electrons. The van der Waals surface area contributed by atoms with Crippen molar-refractivity contribution in [2.24, 2.45) is 0 Å². The highest BCUT2D eigenvalue weighted by Crippen LogP contribution is 2.16. The van der Waals surface area contributed by atoms with Gasteiger partial charge in [-0.05, 0) is 30.9 Å². The summed E-state index contributed by atoms with van der Waals surface area (Å²) in [6, 6.07) is 6.97. The molecule has 22 heavy (non-hydrogen) atoms. The number of hydrogen-bond donors (Lipinski definition) is 1. The number of nitrogens with zero attached hydrogens (tertiary/aromatic N) is 1. The van der Waals surface area contributed by atoms with Gasteiger partial charge in [0.2, 0.25) is 20.0 Å². The van der Waals surface area contributed by atoms with Crippen LogP contribution in [0.4, 0.5) is 0 Å². The van der Waals surface area contributed by atoms with Crippen molar-refractivity contribution in [3.8, 4) is 0 Å². The second kappa shape index (κ2) is 6.66. The zero-order valence-corrected chi connectivity index (χ0v) is 14.5. The molecule has 1 heterocycles. The predicted molar refractivity (Wildman–Crippen MR) is 86.4 cm³/mol. The summed E-state index contributed by atoms with van der Waals surface area (Å²) in [6.07, 6.45) is 2.46. The van der Waals surface area contributed by atoms with Crippen molar-refractivity contribution in [3.63, 3.8) is 0 Å². The van der Waals surface area contributed by atoms with Crippen molar-refractivity contribution in [1.29, 1.82) is 0 Å². The van der Waals surface area contributed by atoms with Gasteiger partial charge in [-0.2, -0.15) is 0 Å². The molecule has 0 aliphatic carbocycles. The fourth-order valence-electron chi connectivity index (χ4n) is 2.61. The summed E-state index contributed by atoms with van der Waals surface area (Å²) in [5.41, 5.74) is 1.68. The van der Waals surface area contributed by atoms with Gasteiger partial charge in [0.25, 0.3) is 0 Å². The van der Waals surface area contributed by atoms with Gasteiger partial charge in [-0.15, -0.1) is 0 Å². The molecular formula is C14H22N2O4S2. The molecule has 0 saturated carbocycles. The monoisotopic (exact) mass is 346 g/mol. The van der Waals surface area contributed by atoms with Crippen LogP contribution in [0.3, 0.4) is 0 Å². The molecule has 0 spiro atoms. The molecule has 0 radical (unpaired) electrons. The number of sulfonamides is 2. The first-order valence-electron chi connectivity index (χ1n) is 7.17. The van der Waals surface area contributed by atoms with Crippen LogP contribution in [0.2, 0.25) is 0 Å². The highest BCUT2D eigenvalue weighted by molar-refractivity contribution is 7.88. The van der Waals surface area contributed by atoms with Gasteiger partial charge in [0.05, 0.1) is 12.0 Å². The van der Waals surface area contributed by atoms with E-state index in [1.54, 1.807) is 6.07 Å². The molecule has 1 aliphatic rings. The first-order valence-corrected chi connectivity index (χ1v) is 10.7. The molecule has 1 aromatic rings. The Morgan fingerprint density at radius 3 is 2.55 bits per heavy atom. The van der Waals surface area contributed by atoms with E-state index in [1.165, 1.54) is 4.31 Å². The number of nitrogens with one attached hydrogen (secondary N) is 1. The molecule has 8 heteroatoms. The molecule has 1 N–H and O–H groups in total. The van der Waals surface area contributed by atoms with Crippen molar-refractivity contribution >= 4 is 20.0 Å². The maximum absolute atomic E-state index is 12.3. The fraction of sp³-hybridized carbons (Fsp3) is 0.571. The normalized spacial score (nSPS) is 20.9. The van der Waals surface area contributed by atoms with Gasteiger partial charge in [-0.25, -0.2) is 25.9 Å². The summed E-state index contributed by atoms with van der Waals surface area (Å²) in [6.45, 7) is 2.53. The number of benzene rings is 1. The lowest BCUT2D eigenvalue weighted by Crippen LogP contribution is -2.49. The third-order valence-electron chi connectivity index (χ3n) is 3.81. The summed E-state index contributed by atoms with van der Waals surface area (Å²) in [5, 5.41) is 0. The van der Waals surface area contributed by atoms with Crippen molar-refractivity contribution < 1.29 is 16.8 Å². The van der Waals surface area contributed by atoms with Gasteiger partial charge in [-0.1, -0.05) is 24.3 Å². The van der Waals surface area contributed by atoms with Crippen LogP contribution in [0.1, 0.15) is 24.0 Å². The Balaban J connectivity index is 2.04. The zero-order chi connectivity index (χ0) is 16.4. The van der Waals surface area contributed by atoms with Crippen LogP contribution in [-0.2, 0) is 25.8 Å². The van der Waals surface area contributed by atoms with Gasteiger partial charge in [0.1, 0.15) is 0 Å². The van der Waals surface area contributed by atoms with Gasteiger partial charge in [0.15, 0.2) is 0 Å². The quantitative estimate of drug-likeness (QED) is 0.856. The highest BCUT2D eigenvalue weighted by Gasteiger charge is 2.28. The minimum atomic E-state index is -3.50. The molecule has 1 aromatic carbocycles. The SMILES string of the molecule is Cc1ccccc1CS(=O)(=O)N[C@@H]1CCCN(S(C)(=O)=O)C1. The van der Waals surface area contributed by atoms with Crippen LogP contribution < -0.4 is 4.72 Å². The molecule has 1 fully saturated rings. The summed E-state index contributed by atoms with van der Waals surface area (Å²) < 4.78 is 51.7. The van der Waals surface area contributed by atoms with Gasteiger partial charge < -0.3 is 0 Å². The van der Waals surface area contributed by atoms with Crippen LogP contribution in [-0.4, -0.2) is 46.5 Å². The number of aryl methyl sites for hydroxylation is 1. The van der Waals surface area contributed by atoms with Crippen LogP contribution in [0.15, 0.2) is 24.3 Å². The second-order valence-electron chi connectivity index (χ2n) is 5.76. The van der Waals surface area contributed by atoms with E-state index >= 15 is 0 Å². The van der Waals surface area contributed by atoms with Crippen molar-refractivity contribution in [3.05, 3.63) is 35.4 Å². The standard InChI is InChI=1S/C14H22N2O4S2/c1-12-6-3-4-7-13(12)11-22(19,20)15-14-8-5-9-16(10-14)21(2,17)18/h3-4,6-7,14-15H,5,8-11H2,1-2H3/t14-/m1/s1. The highest BCUT2D eigenvalue weighted by atomic mass is 32.2. The van der Waals surface area contributed by atoms with E-state index in [2.05, 4.69) is 4.72 Å². The minimum Gasteiger partial charge on any atom is -0.213 e. The molecule has 0 unspecified atom stereocenters. The largest absolute Gasteiger partial charge is 0.216 e. The first kappa shape index (κ1) is 17.4. The maximum Gasteiger partial charge on any atom is 0.216 e. The van der Waals surface area contributed by atoms with E-state index in [9.17, 15) is 16.8 Å². The minimum absolute atomic E-state index is 0.0882. The molecule has 1 aliphatic heterocycles. The molecule has 1 atom stereocenters. The lowest BCUT2D eigenvalue weighted by molar-refractivity contribution is 0.305. The molecule has 0 amide bonds. The molecule has 0 aromatic heterocycles. The van der Waals surface area contributed by atoms with E-state index in [0.717, 1.165) is 17.4 Å². The third kappa shape index (κ3) is 4.77. The lowest BCUT2D eigenvalue weighted by atomic mass is 10.1. The summed E-state index contributed by atoms with van der Waals surface area (Å²) in [7, 11) is -6.78. The van der Waals surface area contributed by atoms with E-state index < -0.39 is 20.0 Å².